The predicted octanol–water partition coefficient (Wildman–Crippen LogP) is 2.91. The number of halogens is 2. The molecule has 2 rings (SSSR count). The first-order valence-electron chi connectivity index (χ1n) is 5.61. The Morgan fingerprint density at radius 3 is 2.45 bits per heavy atom. The molecule has 0 bridgehead atoms. The third kappa shape index (κ3) is 2.54. The van der Waals surface area contributed by atoms with Crippen LogP contribution in [0.25, 0.3) is 0 Å². The summed E-state index contributed by atoms with van der Waals surface area (Å²) >= 11 is 0. The zero-order valence-corrected chi connectivity index (χ0v) is 10.5. The fourth-order valence-electron chi connectivity index (χ4n) is 1.77. The van der Waals surface area contributed by atoms with E-state index in [4.69, 9.17) is 9.94 Å². The molecule has 0 aliphatic carbocycles. The minimum atomic E-state index is -0.769. The minimum absolute atomic E-state index is 0.0535. The quantitative estimate of drug-likeness (QED) is 0.516. The number of nitrogens with zero attached hydrogens (tertiary/aromatic N) is 1. The van der Waals surface area contributed by atoms with Crippen LogP contribution in [0.3, 0.4) is 0 Å². The zero-order chi connectivity index (χ0) is 14.7. The van der Waals surface area contributed by atoms with Crippen LogP contribution >= 0.6 is 0 Å². The normalized spacial score (nSPS) is 11.4. The fourth-order valence-corrected chi connectivity index (χ4v) is 1.77. The van der Waals surface area contributed by atoms with Gasteiger partial charge in [-0.15, -0.1) is 0 Å². The van der Waals surface area contributed by atoms with Crippen molar-refractivity contribution >= 4 is 5.71 Å². The van der Waals surface area contributed by atoms with Gasteiger partial charge in [-0.2, -0.15) is 0 Å². The van der Waals surface area contributed by atoms with Gasteiger partial charge in [0.05, 0.1) is 7.11 Å². The van der Waals surface area contributed by atoms with Gasteiger partial charge in [-0.3, -0.25) is 0 Å². The first-order valence-corrected chi connectivity index (χ1v) is 5.61. The molecule has 104 valence electrons. The highest BCUT2D eigenvalue weighted by Crippen LogP contribution is 2.27. The molecule has 6 heteroatoms. The molecule has 0 unspecified atom stereocenters. The van der Waals surface area contributed by atoms with Crippen molar-refractivity contribution in [2.45, 2.75) is 0 Å². The Bertz CT molecular complexity index is 671. The molecule has 0 fully saturated rings. The molecule has 0 saturated carbocycles. The van der Waals surface area contributed by atoms with Gasteiger partial charge in [-0.05, 0) is 30.3 Å². The second kappa shape index (κ2) is 5.56. The van der Waals surface area contributed by atoms with E-state index >= 15 is 0 Å². The van der Waals surface area contributed by atoms with Crippen LogP contribution in [0, 0.1) is 11.6 Å². The van der Waals surface area contributed by atoms with Crippen molar-refractivity contribution in [2.24, 2.45) is 5.16 Å². The van der Waals surface area contributed by atoms with Gasteiger partial charge in [0.2, 0.25) is 0 Å². The summed E-state index contributed by atoms with van der Waals surface area (Å²) in [7, 11) is 1.42. The molecule has 0 amide bonds. The smallest absolute Gasteiger partial charge is 0.132 e. The van der Waals surface area contributed by atoms with E-state index in [-0.39, 0.29) is 22.6 Å². The van der Waals surface area contributed by atoms with E-state index < -0.39 is 11.6 Å². The fraction of sp³-hybridized carbons (Fsp3) is 0.0714. The van der Waals surface area contributed by atoms with E-state index in [1.165, 1.54) is 25.3 Å². The van der Waals surface area contributed by atoms with Gasteiger partial charge in [-0.25, -0.2) is 8.78 Å². The van der Waals surface area contributed by atoms with Crippen molar-refractivity contribution in [3.8, 4) is 11.5 Å². The van der Waals surface area contributed by atoms with Gasteiger partial charge in [0, 0.05) is 17.2 Å². The van der Waals surface area contributed by atoms with E-state index in [0.717, 1.165) is 18.2 Å². The zero-order valence-electron chi connectivity index (χ0n) is 10.5. The van der Waals surface area contributed by atoms with E-state index in [1.54, 1.807) is 0 Å². The summed E-state index contributed by atoms with van der Waals surface area (Å²) in [6.45, 7) is 0. The number of hydrogen-bond donors (Lipinski definition) is 2. The number of hydrogen-bond acceptors (Lipinski definition) is 4. The number of oxime groups is 1. The van der Waals surface area contributed by atoms with E-state index in [1.807, 2.05) is 0 Å². The van der Waals surface area contributed by atoms with Crippen LogP contribution in [0.5, 0.6) is 11.5 Å². The Hall–Kier alpha value is -2.63. The van der Waals surface area contributed by atoms with Crippen LogP contribution in [0.4, 0.5) is 8.78 Å². The number of methoxy groups -OCH3 is 1. The summed E-state index contributed by atoms with van der Waals surface area (Å²) in [5.41, 5.74) is -0.479. The molecule has 0 aliphatic heterocycles. The summed E-state index contributed by atoms with van der Waals surface area (Å²) in [4.78, 5) is 0. The lowest BCUT2D eigenvalue weighted by molar-refractivity contribution is 0.319. The van der Waals surface area contributed by atoms with Crippen molar-refractivity contribution in [2.75, 3.05) is 7.11 Å². The van der Waals surface area contributed by atoms with Crippen LogP contribution in [-0.4, -0.2) is 23.1 Å². The second-order valence-corrected chi connectivity index (χ2v) is 3.96. The summed E-state index contributed by atoms with van der Waals surface area (Å²) < 4.78 is 31.8. The van der Waals surface area contributed by atoms with Crippen LogP contribution in [0.15, 0.2) is 41.6 Å². The number of rotatable bonds is 3. The number of phenols is 1. The van der Waals surface area contributed by atoms with Crippen LogP contribution in [-0.2, 0) is 0 Å². The largest absolute Gasteiger partial charge is 0.507 e. The highest BCUT2D eigenvalue weighted by Gasteiger charge is 2.17. The highest BCUT2D eigenvalue weighted by molar-refractivity contribution is 6.14. The van der Waals surface area contributed by atoms with Crippen molar-refractivity contribution < 1.29 is 23.8 Å². The second-order valence-electron chi connectivity index (χ2n) is 3.96. The Balaban J connectivity index is 2.56. The average Bonchev–Trinajstić information content (AvgIpc) is 2.44. The van der Waals surface area contributed by atoms with Gasteiger partial charge in [-0.1, -0.05) is 5.16 Å². The molecule has 0 aliphatic rings. The summed E-state index contributed by atoms with van der Waals surface area (Å²) in [6.07, 6.45) is 0. The molecule has 2 aromatic rings. The van der Waals surface area contributed by atoms with Crippen LogP contribution in [0.2, 0.25) is 0 Å². The number of benzene rings is 2. The third-order valence-corrected chi connectivity index (χ3v) is 2.74. The average molecular weight is 279 g/mol. The molecule has 0 aromatic heterocycles. The molecule has 0 atom stereocenters. The van der Waals surface area contributed by atoms with Crippen LogP contribution in [0.1, 0.15) is 11.1 Å². The molecule has 4 nitrogen and oxygen atoms in total. The van der Waals surface area contributed by atoms with E-state index in [0.29, 0.717) is 5.75 Å². The van der Waals surface area contributed by atoms with E-state index in [2.05, 4.69) is 5.16 Å². The Kier molecular flexibility index (Phi) is 3.84. The maximum Gasteiger partial charge on any atom is 0.132 e. The predicted molar refractivity (Wildman–Crippen MR) is 68.4 cm³/mol. The molecule has 20 heavy (non-hydrogen) atoms. The van der Waals surface area contributed by atoms with Gasteiger partial charge in [0.1, 0.15) is 28.8 Å². The number of phenolic OH excluding ortho intramolecular Hbond substituents is 1. The topological polar surface area (TPSA) is 62.0 Å². The van der Waals surface area contributed by atoms with Crippen molar-refractivity contribution in [1.29, 1.82) is 0 Å². The lowest BCUT2D eigenvalue weighted by Crippen LogP contribution is -2.07. The monoisotopic (exact) mass is 279 g/mol. The summed E-state index contributed by atoms with van der Waals surface area (Å²) in [5.74, 6) is -1.35. The molecule has 0 saturated heterocycles. The molecule has 0 spiro atoms. The number of aromatic hydroxyl groups is 1. The van der Waals surface area contributed by atoms with Crippen LogP contribution < -0.4 is 4.74 Å². The molecular weight excluding hydrogens is 268 g/mol. The van der Waals surface area contributed by atoms with Crippen molar-refractivity contribution in [3.63, 3.8) is 0 Å². The third-order valence-electron chi connectivity index (χ3n) is 2.74. The first kappa shape index (κ1) is 13.8. The Morgan fingerprint density at radius 2 is 1.85 bits per heavy atom. The SMILES string of the molecule is COc1ccc(/C(=N\O)c2cc(F)ccc2F)c(O)c1. The molecule has 2 aromatic carbocycles. The summed E-state index contributed by atoms with van der Waals surface area (Å²) in [5, 5.41) is 21.9. The van der Waals surface area contributed by atoms with Gasteiger partial charge < -0.3 is 15.1 Å². The Labute approximate surface area is 113 Å². The minimum Gasteiger partial charge on any atom is -0.507 e. The molecule has 2 N–H and O–H groups in total. The molecule has 0 heterocycles. The van der Waals surface area contributed by atoms with Gasteiger partial charge in [0.15, 0.2) is 0 Å². The lowest BCUT2D eigenvalue weighted by Gasteiger charge is -2.09. The molecular formula is C14H11F2NO3. The first-order chi connectivity index (χ1) is 9.56. The maximum atomic E-state index is 13.7. The van der Waals surface area contributed by atoms with Gasteiger partial charge >= 0.3 is 0 Å². The van der Waals surface area contributed by atoms with Crippen molar-refractivity contribution in [1.82, 2.24) is 0 Å². The summed E-state index contributed by atoms with van der Waals surface area (Å²) in [6, 6.07) is 6.90. The maximum absolute atomic E-state index is 13.7. The van der Waals surface area contributed by atoms with Crippen molar-refractivity contribution in [3.05, 3.63) is 59.2 Å². The highest BCUT2D eigenvalue weighted by atomic mass is 19.1. The van der Waals surface area contributed by atoms with E-state index in [9.17, 15) is 13.9 Å². The molecule has 0 radical (unpaired) electrons. The standard InChI is InChI=1S/C14H11F2NO3/c1-20-9-3-4-10(13(18)7-9)14(17-19)11-6-8(15)2-5-12(11)16/h2-7,18-19H,1H3/b17-14+. The lowest BCUT2D eigenvalue weighted by atomic mass is 10.0. The van der Waals surface area contributed by atoms with Gasteiger partial charge in [0.25, 0.3) is 0 Å². The number of ether oxygens (including phenoxy) is 1. The Morgan fingerprint density at radius 1 is 1.10 bits per heavy atom.